The highest BCUT2D eigenvalue weighted by Crippen LogP contribution is 2.20. The van der Waals surface area contributed by atoms with Crippen LogP contribution < -0.4 is 5.32 Å². The molecule has 0 aliphatic carbocycles. The minimum absolute atomic E-state index is 0.0677. The first kappa shape index (κ1) is 18.1. The van der Waals surface area contributed by atoms with Gasteiger partial charge in [0.1, 0.15) is 6.54 Å². The van der Waals surface area contributed by atoms with Crippen LogP contribution in [0, 0.1) is 13.8 Å². The highest BCUT2D eigenvalue weighted by Gasteiger charge is 2.13. The molecule has 25 heavy (non-hydrogen) atoms. The Bertz CT molecular complexity index is 733. The van der Waals surface area contributed by atoms with Gasteiger partial charge in [0.05, 0.1) is 15.9 Å². The van der Waals surface area contributed by atoms with Crippen molar-refractivity contribution in [3.05, 3.63) is 45.7 Å². The summed E-state index contributed by atoms with van der Waals surface area (Å²) >= 11 is 3.49. The van der Waals surface area contributed by atoms with Gasteiger partial charge in [0, 0.05) is 12.2 Å². The summed E-state index contributed by atoms with van der Waals surface area (Å²) in [6, 6.07) is 8.16. The van der Waals surface area contributed by atoms with Crippen molar-refractivity contribution in [3.8, 4) is 0 Å². The Morgan fingerprint density at radius 2 is 1.84 bits per heavy atom. The molecule has 1 amide bonds. The molecule has 1 fully saturated rings. The number of halogens is 1. The fraction of sp³-hybridized carbons (Fsp3) is 0.474. The van der Waals surface area contributed by atoms with Crippen molar-refractivity contribution in [2.75, 3.05) is 18.4 Å². The summed E-state index contributed by atoms with van der Waals surface area (Å²) in [4.78, 5) is 14.8. The number of amides is 1. The van der Waals surface area contributed by atoms with E-state index < -0.39 is 0 Å². The Kier molecular flexibility index (Phi) is 5.91. The third-order valence-electron chi connectivity index (χ3n) is 4.68. The molecule has 5 nitrogen and oxygen atoms in total. The van der Waals surface area contributed by atoms with Gasteiger partial charge in [-0.3, -0.25) is 14.4 Å². The molecule has 0 spiro atoms. The van der Waals surface area contributed by atoms with Crippen molar-refractivity contribution in [1.82, 2.24) is 14.7 Å². The second kappa shape index (κ2) is 8.15. The summed E-state index contributed by atoms with van der Waals surface area (Å²) in [5.74, 6) is -0.0677. The molecular formula is C19H25BrN4O. The number of rotatable bonds is 5. The van der Waals surface area contributed by atoms with Crippen LogP contribution in [0.3, 0.4) is 0 Å². The van der Waals surface area contributed by atoms with E-state index >= 15 is 0 Å². The number of benzene rings is 1. The fourth-order valence-electron chi connectivity index (χ4n) is 3.23. The summed E-state index contributed by atoms with van der Waals surface area (Å²) in [6.07, 6.45) is 3.96. The number of hydrogen-bond donors (Lipinski definition) is 1. The molecule has 0 bridgehead atoms. The largest absolute Gasteiger partial charge is 0.324 e. The van der Waals surface area contributed by atoms with Gasteiger partial charge >= 0.3 is 0 Å². The van der Waals surface area contributed by atoms with Gasteiger partial charge in [-0.1, -0.05) is 18.6 Å². The molecular weight excluding hydrogens is 380 g/mol. The fourth-order valence-corrected chi connectivity index (χ4v) is 3.52. The predicted octanol–water partition coefficient (Wildman–Crippen LogP) is 3.89. The van der Waals surface area contributed by atoms with Gasteiger partial charge in [0.15, 0.2) is 0 Å². The van der Waals surface area contributed by atoms with E-state index in [1.165, 1.54) is 37.9 Å². The zero-order chi connectivity index (χ0) is 17.8. The Morgan fingerprint density at radius 1 is 1.16 bits per heavy atom. The standard InChI is InChI=1S/C19H25BrN4O/c1-14-19(20)15(2)24(22-14)13-18(25)21-17-8-6-16(7-9-17)12-23-10-4-3-5-11-23/h6-9H,3-5,10-13H2,1-2H3,(H,21,25). The van der Waals surface area contributed by atoms with E-state index in [4.69, 9.17) is 0 Å². The average Bonchev–Trinajstić information content (AvgIpc) is 2.84. The van der Waals surface area contributed by atoms with Crippen molar-refractivity contribution >= 4 is 27.5 Å². The second-order valence-electron chi connectivity index (χ2n) is 6.72. The van der Waals surface area contributed by atoms with Crippen LogP contribution in [0.4, 0.5) is 5.69 Å². The van der Waals surface area contributed by atoms with Gasteiger partial charge in [0.25, 0.3) is 0 Å². The van der Waals surface area contributed by atoms with E-state index in [2.05, 4.69) is 43.4 Å². The van der Waals surface area contributed by atoms with Crippen LogP contribution in [-0.2, 0) is 17.9 Å². The molecule has 2 aromatic rings. The van der Waals surface area contributed by atoms with Crippen LogP contribution in [0.2, 0.25) is 0 Å². The SMILES string of the molecule is Cc1nn(CC(=O)Nc2ccc(CN3CCCCC3)cc2)c(C)c1Br. The van der Waals surface area contributed by atoms with Gasteiger partial charge in [-0.15, -0.1) is 0 Å². The van der Waals surface area contributed by atoms with Crippen molar-refractivity contribution < 1.29 is 4.79 Å². The van der Waals surface area contributed by atoms with Crippen LogP contribution in [0.25, 0.3) is 0 Å². The Morgan fingerprint density at radius 3 is 2.44 bits per heavy atom. The van der Waals surface area contributed by atoms with E-state index in [1.54, 1.807) is 4.68 Å². The molecule has 134 valence electrons. The van der Waals surface area contributed by atoms with Crippen LogP contribution in [-0.4, -0.2) is 33.7 Å². The monoisotopic (exact) mass is 404 g/mol. The predicted molar refractivity (Wildman–Crippen MR) is 104 cm³/mol. The van der Waals surface area contributed by atoms with E-state index in [1.807, 2.05) is 26.0 Å². The lowest BCUT2D eigenvalue weighted by Gasteiger charge is -2.26. The lowest BCUT2D eigenvalue weighted by Crippen LogP contribution is -2.29. The normalized spacial score (nSPS) is 15.3. The topological polar surface area (TPSA) is 50.2 Å². The van der Waals surface area contributed by atoms with E-state index in [-0.39, 0.29) is 12.5 Å². The first-order chi connectivity index (χ1) is 12.0. The molecule has 0 unspecified atom stereocenters. The number of anilines is 1. The van der Waals surface area contributed by atoms with Crippen LogP contribution in [0.15, 0.2) is 28.7 Å². The average molecular weight is 405 g/mol. The zero-order valence-corrected chi connectivity index (χ0v) is 16.5. The van der Waals surface area contributed by atoms with Crippen LogP contribution >= 0.6 is 15.9 Å². The molecule has 6 heteroatoms. The lowest BCUT2D eigenvalue weighted by atomic mass is 10.1. The summed E-state index contributed by atoms with van der Waals surface area (Å²) in [7, 11) is 0. The molecule has 2 heterocycles. The third-order valence-corrected chi connectivity index (χ3v) is 5.83. The number of likely N-dealkylation sites (tertiary alicyclic amines) is 1. The van der Waals surface area contributed by atoms with Gasteiger partial charge in [-0.25, -0.2) is 0 Å². The Balaban J connectivity index is 1.55. The molecule has 0 radical (unpaired) electrons. The van der Waals surface area contributed by atoms with E-state index in [0.29, 0.717) is 0 Å². The summed E-state index contributed by atoms with van der Waals surface area (Å²) in [6.45, 7) is 7.47. The summed E-state index contributed by atoms with van der Waals surface area (Å²) in [5.41, 5.74) is 3.98. The molecule has 1 aliphatic rings. The number of nitrogens with one attached hydrogen (secondary N) is 1. The van der Waals surface area contributed by atoms with E-state index in [0.717, 1.165) is 28.1 Å². The molecule has 1 saturated heterocycles. The zero-order valence-electron chi connectivity index (χ0n) is 14.9. The molecule has 0 saturated carbocycles. The number of piperidine rings is 1. The quantitative estimate of drug-likeness (QED) is 0.821. The Hall–Kier alpha value is -1.66. The van der Waals surface area contributed by atoms with Crippen LogP contribution in [0.1, 0.15) is 36.2 Å². The number of hydrogen-bond acceptors (Lipinski definition) is 3. The number of nitrogens with zero attached hydrogens (tertiary/aromatic N) is 3. The van der Waals surface area contributed by atoms with Crippen LogP contribution in [0.5, 0.6) is 0 Å². The molecule has 1 aromatic heterocycles. The van der Waals surface area contributed by atoms with Gasteiger partial charge in [0.2, 0.25) is 5.91 Å². The first-order valence-electron chi connectivity index (χ1n) is 8.83. The highest BCUT2D eigenvalue weighted by molar-refractivity contribution is 9.10. The maximum absolute atomic E-state index is 12.3. The molecule has 3 rings (SSSR count). The highest BCUT2D eigenvalue weighted by atomic mass is 79.9. The molecule has 1 aliphatic heterocycles. The molecule has 1 aromatic carbocycles. The minimum Gasteiger partial charge on any atom is -0.324 e. The van der Waals surface area contributed by atoms with Gasteiger partial charge in [-0.2, -0.15) is 5.10 Å². The van der Waals surface area contributed by atoms with Gasteiger partial charge in [-0.05, 0) is 73.4 Å². The number of carbonyl (C=O) groups is 1. The number of aryl methyl sites for hydroxylation is 1. The third kappa shape index (κ3) is 4.70. The second-order valence-corrected chi connectivity index (χ2v) is 7.52. The Labute approximate surface area is 157 Å². The summed E-state index contributed by atoms with van der Waals surface area (Å²) < 4.78 is 2.68. The number of carbonyl (C=O) groups excluding carboxylic acids is 1. The van der Waals surface area contributed by atoms with Crippen molar-refractivity contribution in [3.63, 3.8) is 0 Å². The maximum atomic E-state index is 12.3. The molecule has 1 N–H and O–H groups in total. The molecule has 0 atom stereocenters. The first-order valence-corrected chi connectivity index (χ1v) is 9.63. The van der Waals surface area contributed by atoms with E-state index in [9.17, 15) is 4.79 Å². The smallest absolute Gasteiger partial charge is 0.246 e. The summed E-state index contributed by atoms with van der Waals surface area (Å²) in [5, 5.41) is 7.32. The number of aromatic nitrogens is 2. The lowest BCUT2D eigenvalue weighted by molar-refractivity contribution is -0.116. The van der Waals surface area contributed by atoms with Crippen molar-refractivity contribution in [2.45, 2.75) is 46.2 Å². The van der Waals surface area contributed by atoms with Crippen molar-refractivity contribution in [1.29, 1.82) is 0 Å². The van der Waals surface area contributed by atoms with Crippen molar-refractivity contribution in [2.24, 2.45) is 0 Å². The van der Waals surface area contributed by atoms with Gasteiger partial charge < -0.3 is 5.32 Å². The minimum atomic E-state index is -0.0677. The maximum Gasteiger partial charge on any atom is 0.246 e.